The Morgan fingerprint density at radius 3 is 2.71 bits per heavy atom. The Balaban J connectivity index is 2.97. The molecule has 94 valence electrons. The molecule has 0 amide bonds. The van der Waals surface area contributed by atoms with Gasteiger partial charge in [0, 0.05) is 29.8 Å². The fraction of sp³-hybridized carbons (Fsp3) is 0.429. The van der Waals surface area contributed by atoms with Crippen LogP contribution in [0.3, 0.4) is 0 Å². The fourth-order valence-electron chi connectivity index (χ4n) is 1.83. The molecule has 0 radical (unpaired) electrons. The maximum atomic E-state index is 6.24. The molecule has 2 nitrogen and oxygen atoms in total. The fourth-order valence-corrected chi connectivity index (χ4v) is 2.18. The van der Waals surface area contributed by atoms with E-state index in [1.165, 1.54) is 0 Å². The molecule has 2 N–H and O–H groups in total. The maximum Gasteiger partial charge on any atom is 0.0474 e. The predicted molar refractivity (Wildman–Crippen MR) is 76.8 cm³/mol. The third kappa shape index (κ3) is 3.76. The van der Waals surface area contributed by atoms with Crippen molar-refractivity contribution in [3.63, 3.8) is 0 Å². The van der Waals surface area contributed by atoms with Crippen molar-refractivity contribution in [3.8, 4) is 0 Å². The number of hydrogen-bond donors (Lipinski definition) is 1. The highest BCUT2D eigenvalue weighted by Gasteiger charge is 2.09. The van der Waals surface area contributed by atoms with Gasteiger partial charge in [0.2, 0.25) is 0 Å². The molecule has 0 aliphatic rings. The van der Waals surface area contributed by atoms with Crippen LogP contribution in [-0.4, -0.2) is 13.1 Å². The Morgan fingerprint density at radius 1 is 1.53 bits per heavy atom. The summed E-state index contributed by atoms with van der Waals surface area (Å²) in [6.45, 7) is 9.72. The van der Waals surface area contributed by atoms with Crippen molar-refractivity contribution in [2.24, 2.45) is 5.73 Å². The van der Waals surface area contributed by atoms with Gasteiger partial charge in [0.05, 0.1) is 0 Å². The summed E-state index contributed by atoms with van der Waals surface area (Å²) >= 11 is 6.24. The van der Waals surface area contributed by atoms with Gasteiger partial charge in [-0.25, -0.2) is 0 Å². The lowest BCUT2D eigenvalue weighted by Gasteiger charge is -2.23. The van der Waals surface area contributed by atoms with E-state index in [-0.39, 0.29) is 6.04 Å². The Labute approximate surface area is 109 Å². The van der Waals surface area contributed by atoms with Gasteiger partial charge in [-0.3, -0.25) is 0 Å². The quantitative estimate of drug-likeness (QED) is 0.781. The monoisotopic (exact) mass is 252 g/mol. The van der Waals surface area contributed by atoms with Crippen molar-refractivity contribution in [2.45, 2.75) is 26.3 Å². The van der Waals surface area contributed by atoms with Crippen LogP contribution in [0.15, 0.2) is 30.9 Å². The number of nitrogens with zero attached hydrogens (tertiary/aromatic N) is 1. The first-order valence-electron chi connectivity index (χ1n) is 6.01. The zero-order chi connectivity index (χ0) is 12.8. The van der Waals surface area contributed by atoms with E-state index < -0.39 is 0 Å². The summed E-state index contributed by atoms with van der Waals surface area (Å²) in [5.41, 5.74) is 7.96. The molecule has 0 heterocycles. The Hall–Kier alpha value is -0.990. The Bertz CT molecular complexity index is 374. The number of anilines is 1. The minimum absolute atomic E-state index is 0.0319. The van der Waals surface area contributed by atoms with E-state index in [0.29, 0.717) is 0 Å². The summed E-state index contributed by atoms with van der Waals surface area (Å²) < 4.78 is 0. The molecule has 1 atom stereocenters. The van der Waals surface area contributed by atoms with Crippen molar-refractivity contribution in [1.29, 1.82) is 0 Å². The first kappa shape index (κ1) is 14.1. The van der Waals surface area contributed by atoms with Crippen LogP contribution in [0.5, 0.6) is 0 Å². The highest BCUT2D eigenvalue weighted by Crippen LogP contribution is 2.27. The van der Waals surface area contributed by atoms with Gasteiger partial charge in [0.1, 0.15) is 0 Å². The summed E-state index contributed by atoms with van der Waals surface area (Å²) in [4.78, 5) is 2.25. The van der Waals surface area contributed by atoms with Crippen molar-refractivity contribution < 1.29 is 0 Å². The van der Waals surface area contributed by atoms with Crippen LogP contribution in [0.25, 0.3) is 0 Å². The largest absolute Gasteiger partial charge is 0.368 e. The Morgan fingerprint density at radius 2 is 2.24 bits per heavy atom. The van der Waals surface area contributed by atoms with Crippen molar-refractivity contribution in [3.05, 3.63) is 41.4 Å². The standard InChI is InChI=1S/C14H21ClN2/c1-4-8-17(9-5-2)12-6-7-13(11(3)16)14(15)10-12/h4,6-7,10-11H,1,5,8-9,16H2,2-3H3. The number of benzene rings is 1. The predicted octanol–water partition coefficient (Wildman–Crippen LogP) is 3.76. The summed E-state index contributed by atoms with van der Waals surface area (Å²) in [5, 5.41) is 0.739. The van der Waals surface area contributed by atoms with E-state index in [0.717, 1.165) is 35.8 Å². The van der Waals surface area contributed by atoms with Gasteiger partial charge < -0.3 is 10.6 Å². The molecule has 0 aliphatic carbocycles. The minimum atomic E-state index is -0.0319. The van der Waals surface area contributed by atoms with Crippen LogP contribution >= 0.6 is 11.6 Å². The van der Waals surface area contributed by atoms with Crippen LogP contribution in [0.4, 0.5) is 5.69 Å². The lowest BCUT2D eigenvalue weighted by molar-refractivity contribution is 0.806. The van der Waals surface area contributed by atoms with Crippen LogP contribution in [0, 0.1) is 0 Å². The van der Waals surface area contributed by atoms with Crippen molar-refractivity contribution in [1.82, 2.24) is 0 Å². The van der Waals surface area contributed by atoms with E-state index in [1.807, 2.05) is 25.1 Å². The zero-order valence-corrected chi connectivity index (χ0v) is 11.4. The molecule has 0 aromatic heterocycles. The van der Waals surface area contributed by atoms with Gasteiger partial charge in [-0.1, -0.05) is 30.7 Å². The normalized spacial score (nSPS) is 12.2. The second kappa shape index (κ2) is 6.67. The van der Waals surface area contributed by atoms with E-state index in [4.69, 9.17) is 17.3 Å². The average molecular weight is 253 g/mol. The molecule has 1 unspecified atom stereocenters. The molecule has 0 bridgehead atoms. The van der Waals surface area contributed by atoms with E-state index in [2.05, 4.69) is 24.5 Å². The van der Waals surface area contributed by atoms with Gasteiger partial charge in [-0.2, -0.15) is 0 Å². The molecule has 0 saturated heterocycles. The van der Waals surface area contributed by atoms with Crippen LogP contribution in [0.1, 0.15) is 31.9 Å². The lowest BCUT2D eigenvalue weighted by Crippen LogP contribution is -2.24. The molecule has 1 aromatic carbocycles. The molecule has 17 heavy (non-hydrogen) atoms. The molecular weight excluding hydrogens is 232 g/mol. The lowest BCUT2D eigenvalue weighted by atomic mass is 10.1. The molecule has 0 spiro atoms. The smallest absolute Gasteiger partial charge is 0.0474 e. The third-order valence-electron chi connectivity index (χ3n) is 2.68. The minimum Gasteiger partial charge on any atom is -0.368 e. The molecule has 0 fully saturated rings. The first-order valence-corrected chi connectivity index (χ1v) is 6.38. The summed E-state index contributed by atoms with van der Waals surface area (Å²) in [7, 11) is 0. The zero-order valence-electron chi connectivity index (χ0n) is 10.6. The van der Waals surface area contributed by atoms with Crippen LogP contribution in [0.2, 0.25) is 5.02 Å². The topological polar surface area (TPSA) is 29.3 Å². The van der Waals surface area contributed by atoms with Crippen LogP contribution < -0.4 is 10.6 Å². The van der Waals surface area contributed by atoms with Crippen LogP contribution in [-0.2, 0) is 0 Å². The van der Waals surface area contributed by atoms with Gasteiger partial charge in [0.25, 0.3) is 0 Å². The Kier molecular flexibility index (Phi) is 5.52. The van der Waals surface area contributed by atoms with Crippen molar-refractivity contribution in [2.75, 3.05) is 18.0 Å². The summed E-state index contributed by atoms with van der Waals surface area (Å²) in [5.74, 6) is 0. The number of hydrogen-bond acceptors (Lipinski definition) is 2. The second-order valence-corrected chi connectivity index (χ2v) is 4.64. The number of halogens is 1. The molecule has 3 heteroatoms. The van der Waals surface area contributed by atoms with Gasteiger partial charge in [-0.05, 0) is 31.0 Å². The molecule has 0 saturated carbocycles. The van der Waals surface area contributed by atoms with E-state index in [1.54, 1.807) is 0 Å². The molecule has 0 aliphatic heterocycles. The molecule has 1 aromatic rings. The van der Waals surface area contributed by atoms with Gasteiger partial charge in [0.15, 0.2) is 0 Å². The SMILES string of the molecule is C=CCN(CCC)c1ccc(C(C)N)c(Cl)c1. The van der Waals surface area contributed by atoms with E-state index in [9.17, 15) is 0 Å². The summed E-state index contributed by atoms with van der Waals surface area (Å²) in [6, 6.07) is 6.03. The highest BCUT2D eigenvalue weighted by atomic mass is 35.5. The number of nitrogens with two attached hydrogens (primary N) is 1. The highest BCUT2D eigenvalue weighted by molar-refractivity contribution is 6.31. The molecular formula is C14H21ClN2. The van der Waals surface area contributed by atoms with Gasteiger partial charge >= 0.3 is 0 Å². The summed E-state index contributed by atoms with van der Waals surface area (Å²) in [6.07, 6.45) is 3.00. The maximum absolute atomic E-state index is 6.24. The van der Waals surface area contributed by atoms with Gasteiger partial charge in [-0.15, -0.1) is 6.58 Å². The van der Waals surface area contributed by atoms with Crippen molar-refractivity contribution >= 4 is 17.3 Å². The third-order valence-corrected chi connectivity index (χ3v) is 3.01. The first-order chi connectivity index (χ1) is 8.10. The second-order valence-electron chi connectivity index (χ2n) is 4.23. The van der Waals surface area contributed by atoms with E-state index >= 15 is 0 Å². The number of rotatable bonds is 6. The average Bonchev–Trinajstić information content (AvgIpc) is 2.28. The molecule has 1 rings (SSSR count).